The van der Waals surface area contributed by atoms with Crippen LogP contribution < -0.4 is 10.6 Å². The second kappa shape index (κ2) is 7.63. The molecule has 1 heterocycles. The van der Waals surface area contributed by atoms with E-state index in [2.05, 4.69) is 15.6 Å². The maximum Gasteiger partial charge on any atom is 0.274 e. The van der Waals surface area contributed by atoms with Crippen LogP contribution in [0.3, 0.4) is 0 Å². The first-order chi connectivity index (χ1) is 11.4. The van der Waals surface area contributed by atoms with Gasteiger partial charge in [-0.25, -0.2) is 8.78 Å². The van der Waals surface area contributed by atoms with Gasteiger partial charge in [-0.15, -0.1) is 0 Å². The molecule has 0 bridgehead atoms. The Hall–Kier alpha value is -2.83. The number of halogens is 2. The van der Waals surface area contributed by atoms with E-state index in [1.807, 2.05) is 13.8 Å². The number of pyridine rings is 1. The average Bonchev–Trinajstić information content (AvgIpc) is 2.56. The Bertz CT molecular complexity index is 743. The predicted octanol–water partition coefficient (Wildman–Crippen LogP) is 3.00. The molecular weight excluding hydrogens is 316 g/mol. The van der Waals surface area contributed by atoms with E-state index in [0.29, 0.717) is 6.54 Å². The van der Waals surface area contributed by atoms with E-state index in [4.69, 9.17) is 0 Å². The number of nitrogens with one attached hydrogen (secondary N) is 2. The highest BCUT2D eigenvalue weighted by Gasteiger charge is 2.16. The molecule has 7 heteroatoms. The molecule has 0 atom stereocenters. The van der Waals surface area contributed by atoms with Gasteiger partial charge in [-0.3, -0.25) is 14.6 Å². The van der Waals surface area contributed by atoms with Crippen molar-refractivity contribution in [1.29, 1.82) is 0 Å². The van der Waals surface area contributed by atoms with E-state index in [9.17, 15) is 18.4 Å². The fraction of sp³-hybridized carbons (Fsp3) is 0.235. The molecule has 2 rings (SSSR count). The molecule has 0 unspecified atom stereocenters. The van der Waals surface area contributed by atoms with Crippen LogP contribution in [0.25, 0.3) is 0 Å². The molecule has 0 aliphatic carbocycles. The SMILES string of the molecule is CC(C)CNC(=O)c1ccnc(C(=O)Nc2c(F)cccc2F)c1. The van der Waals surface area contributed by atoms with Crippen LogP contribution in [0.1, 0.15) is 34.7 Å². The molecule has 0 saturated carbocycles. The molecule has 2 N–H and O–H groups in total. The van der Waals surface area contributed by atoms with Crippen molar-refractivity contribution in [2.75, 3.05) is 11.9 Å². The lowest BCUT2D eigenvalue weighted by atomic mass is 10.2. The van der Waals surface area contributed by atoms with Crippen molar-refractivity contribution in [3.63, 3.8) is 0 Å². The molecule has 0 saturated heterocycles. The highest BCUT2D eigenvalue weighted by atomic mass is 19.1. The fourth-order valence-electron chi connectivity index (χ4n) is 1.89. The van der Waals surface area contributed by atoms with E-state index in [1.165, 1.54) is 24.4 Å². The number of anilines is 1. The highest BCUT2D eigenvalue weighted by molar-refractivity contribution is 6.04. The second-order valence-electron chi connectivity index (χ2n) is 5.58. The first kappa shape index (κ1) is 17.5. The summed E-state index contributed by atoms with van der Waals surface area (Å²) in [4.78, 5) is 28.0. The zero-order valence-corrected chi connectivity index (χ0v) is 13.3. The van der Waals surface area contributed by atoms with Gasteiger partial charge in [0.25, 0.3) is 11.8 Å². The van der Waals surface area contributed by atoms with Crippen molar-refractivity contribution >= 4 is 17.5 Å². The van der Waals surface area contributed by atoms with Crippen molar-refractivity contribution in [1.82, 2.24) is 10.3 Å². The Morgan fingerprint density at radius 1 is 1.12 bits per heavy atom. The average molecular weight is 333 g/mol. The van der Waals surface area contributed by atoms with Gasteiger partial charge in [-0.1, -0.05) is 19.9 Å². The van der Waals surface area contributed by atoms with Gasteiger partial charge in [0, 0.05) is 18.3 Å². The Labute approximate surface area is 138 Å². The number of hydrogen-bond acceptors (Lipinski definition) is 3. The van der Waals surface area contributed by atoms with Crippen LogP contribution in [0.2, 0.25) is 0 Å². The maximum absolute atomic E-state index is 13.6. The first-order valence-corrected chi connectivity index (χ1v) is 7.38. The van der Waals surface area contributed by atoms with Gasteiger partial charge in [0.05, 0.1) is 0 Å². The van der Waals surface area contributed by atoms with Crippen molar-refractivity contribution in [2.24, 2.45) is 5.92 Å². The Kier molecular flexibility index (Phi) is 5.57. The van der Waals surface area contributed by atoms with Gasteiger partial charge in [0.2, 0.25) is 0 Å². The summed E-state index contributed by atoms with van der Waals surface area (Å²) in [6.45, 7) is 4.40. The number of benzene rings is 1. The summed E-state index contributed by atoms with van der Waals surface area (Å²) < 4.78 is 27.1. The summed E-state index contributed by atoms with van der Waals surface area (Å²) in [5, 5.41) is 4.84. The molecule has 2 aromatic rings. The number of nitrogens with zero attached hydrogens (tertiary/aromatic N) is 1. The molecule has 0 aliphatic rings. The number of rotatable bonds is 5. The standard InChI is InChI=1S/C17H17F2N3O2/c1-10(2)9-21-16(23)11-6-7-20-14(8-11)17(24)22-15-12(18)4-3-5-13(15)19/h3-8,10H,9H2,1-2H3,(H,21,23)(H,22,24). The normalized spacial score (nSPS) is 10.5. The molecule has 0 spiro atoms. The first-order valence-electron chi connectivity index (χ1n) is 7.38. The summed E-state index contributed by atoms with van der Waals surface area (Å²) in [7, 11) is 0. The number of amides is 2. The number of aromatic nitrogens is 1. The zero-order chi connectivity index (χ0) is 17.7. The minimum atomic E-state index is -0.894. The minimum absolute atomic E-state index is 0.116. The third kappa shape index (κ3) is 4.34. The molecule has 126 valence electrons. The van der Waals surface area contributed by atoms with Crippen LogP contribution in [0.5, 0.6) is 0 Å². The van der Waals surface area contributed by atoms with Crippen LogP contribution in [0.15, 0.2) is 36.5 Å². The molecule has 1 aromatic carbocycles. The second-order valence-corrected chi connectivity index (χ2v) is 5.58. The van der Waals surface area contributed by atoms with E-state index < -0.39 is 23.2 Å². The summed E-state index contributed by atoms with van der Waals surface area (Å²) in [6, 6.07) is 5.97. The minimum Gasteiger partial charge on any atom is -0.352 e. The lowest BCUT2D eigenvalue weighted by Crippen LogP contribution is -2.27. The Morgan fingerprint density at radius 3 is 2.42 bits per heavy atom. The molecule has 0 aliphatic heterocycles. The van der Waals surface area contributed by atoms with Crippen LogP contribution in [-0.2, 0) is 0 Å². The lowest BCUT2D eigenvalue weighted by Gasteiger charge is -2.09. The number of carbonyl (C=O) groups excluding carboxylic acids is 2. The molecule has 24 heavy (non-hydrogen) atoms. The number of para-hydroxylation sites is 1. The summed E-state index contributed by atoms with van der Waals surface area (Å²) in [5.74, 6) is -2.67. The third-order valence-corrected chi connectivity index (χ3v) is 3.13. The van der Waals surface area contributed by atoms with Crippen LogP contribution in [0, 0.1) is 17.6 Å². The lowest BCUT2D eigenvalue weighted by molar-refractivity contribution is 0.0949. The van der Waals surface area contributed by atoms with Gasteiger partial charge < -0.3 is 10.6 Å². The van der Waals surface area contributed by atoms with Crippen molar-refractivity contribution in [3.8, 4) is 0 Å². The van der Waals surface area contributed by atoms with Gasteiger partial charge in [-0.05, 0) is 30.2 Å². The van der Waals surface area contributed by atoms with Gasteiger partial charge >= 0.3 is 0 Å². The van der Waals surface area contributed by atoms with E-state index in [-0.39, 0.29) is 23.1 Å². The molecule has 1 aromatic heterocycles. The highest BCUT2D eigenvalue weighted by Crippen LogP contribution is 2.18. The zero-order valence-electron chi connectivity index (χ0n) is 13.3. The topological polar surface area (TPSA) is 71.1 Å². The third-order valence-electron chi connectivity index (χ3n) is 3.13. The molecule has 0 fully saturated rings. The Morgan fingerprint density at radius 2 is 1.79 bits per heavy atom. The van der Waals surface area contributed by atoms with Crippen molar-refractivity contribution in [3.05, 3.63) is 59.4 Å². The summed E-state index contributed by atoms with van der Waals surface area (Å²) in [5.41, 5.74) is -0.432. The Balaban J connectivity index is 2.16. The van der Waals surface area contributed by atoms with Gasteiger partial charge in [0.1, 0.15) is 23.0 Å². The number of carbonyl (C=O) groups is 2. The van der Waals surface area contributed by atoms with Gasteiger partial charge in [-0.2, -0.15) is 0 Å². The quantitative estimate of drug-likeness (QED) is 0.883. The van der Waals surface area contributed by atoms with Crippen LogP contribution in [0.4, 0.5) is 14.5 Å². The van der Waals surface area contributed by atoms with E-state index >= 15 is 0 Å². The van der Waals surface area contributed by atoms with Crippen molar-refractivity contribution < 1.29 is 18.4 Å². The monoisotopic (exact) mass is 333 g/mol. The van der Waals surface area contributed by atoms with Crippen LogP contribution in [-0.4, -0.2) is 23.3 Å². The van der Waals surface area contributed by atoms with E-state index in [1.54, 1.807) is 0 Å². The molecule has 0 radical (unpaired) electrons. The van der Waals surface area contributed by atoms with Crippen LogP contribution >= 0.6 is 0 Å². The fourth-order valence-corrected chi connectivity index (χ4v) is 1.89. The molecule has 5 nitrogen and oxygen atoms in total. The number of hydrogen-bond donors (Lipinski definition) is 2. The van der Waals surface area contributed by atoms with E-state index in [0.717, 1.165) is 12.1 Å². The molecule has 2 amide bonds. The van der Waals surface area contributed by atoms with Crippen molar-refractivity contribution in [2.45, 2.75) is 13.8 Å². The summed E-state index contributed by atoms with van der Waals surface area (Å²) >= 11 is 0. The molecular formula is C17H17F2N3O2. The predicted molar refractivity (Wildman–Crippen MR) is 85.7 cm³/mol. The summed E-state index contributed by atoms with van der Waals surface area (Å²) in [6.07, 6.45) is 1.29. The maximum atomic E-state index is 13.6. The van der Waals surface area contributed by atoms with Gasteiger partial charge in [0.15, 0.2) is 0 Å². The largest absolute Gasteiger partial charge is 0.352 e. The smallest absolute Gasteiger partial charge is 0.274 e.